The van der Waals surface area contributed by atoms with Crippen molar-refractivity contribution in [2.45, 2.75) is 19.9 Å². The van der Waals surface area contributed by atoms with Crippen LogP contribution in [0.25, 0.3) is 0 Å². The molecule has 0 aliphatic carbocycles. The molecule has 0 unspecified atom stereocenters. The van der Waals surface area contributed by atoms with Crippen LogP contribution < -0.4 is 10.6 Å². The summed E-state index contributed by atoms with van der Waals surface area (Å²) in [6.45, 7) is 3.42. The zero-order valence-corrected chi connectivity index (χ0v) is 13.6. The lowest BCUT2D eigenvalue weighted by Crippen LogP contribution is -2.23. The highest BCUT2D eigenvalue weighted by molar-refractivity contribution is 9.10. The number of nitrogens with zero attached hydrogens (tertiary/aromatic N) is 1. The Labute approximate surface area is 130 Å². The fourth-order valence-corrected chi connectivity index (χ4v) is 3.13. The third-order valence-electron chi connectivity index (χ3n) is 2.73. The number of aromatic nitrogens is 1. The molecule has 0 bridgehead atoms. The van der Waals surface area contributed by atoms with Crippen LogP contribution in [0, 0.1) is 0 Å². The first-order valence-electron chi connectivity index (χ1n) is 6.40. The number of pyridine rings is 1. The fourth-order valence-electron chi connectivity index (χ4n) is 1.70. The molecule has 0 aliphatic heterocycles. The molecule has 0 fully saturated rings. The van der Waals surface area contributed by atoms with Gasteiger partial charge in [-0.1, -0.05) is 6.92 Å². The smallest absolute Gasteiger partial charge is 0.253 e. The molecule has 0 saturated heterocycles. The highest BCUT2D eigenvalue weighted by Gasteiger charge is 2.11. The second-order valence-corrected chi connectivity index (χ2v) is 6.08. The molecule has 0 aromatic carbocycles. The fraction of sp³-hybridized carbons (Fsp3) is 0.286. The molecule has 0 radical (unpaired) electrons. The maximum absolute atomic E-state index is 12.2. The molecule has 2 rings (SSSR count). The van der Waals surface area contributed by atoms with Crippen molar-refractivity contribution in [2.24, 2.45) is 0 Å². The van der Waals surface area contributed by atoms with Crippen molar-refractivity contribution in [3.63, 3.8) is 0 Å². The SMILES string of the molecule is CCCNc1cnccc1C(=O)NCc1sccc1Br. The predicted octanol–water partition coefficient (Wildman–Crippen LogP) is 3.66. The number of rotatable bonds is 6. The molecule has 6 heteroatoms. The molecule has 0 aliphatic rings. The largest absolute Gasteiger partial charge is 0.383 e. The maximum atomic E-state index is 12.2. The Hall–Kier alpha value is -1.40. The molecule has 4 nitrogen and oxygen atoms in total. The number of hydrogen-bond donors (Lipinski definition) is 2. The summed E-state index contributed by atoms with van der Waals surface area (Å²) < 4.78 is 1.03. The van der Waals surface area contributed by atoms with Gasteiger partial charge in [0.05, 0.1) is 24.0 Å². The third kappa shape index (κ3) is 3.80. The first-order valence-corrected chi connectivity index (χ1v) is 8.07. The van der Waals surface area contributed by atoms with Gasteiger partial charge < -0.3 is 10.6 Å². The van der Waals surface area contributed by atoms with Crippen molar-refractivity contribution in [1.82, 2.24) is 10.3 Å². The Morgan fingerprint density at radius 1 is 1.45 bits per heavy atom. The second kappa shape index (κ2) is 7.40. The lowest BCUT2D eigenvalue weighted by molar-refractivity contribution is 0.0952. The maximum Gasteiger partial charge on any atom is 0.253 e. The number of carbonyl (C=O) groups excluding carboxylic acids is 1. The van der Waals surface area contributed by atoms with Gasteiger partial charge in [0.1, 0.15) is 0 Å². The first-order chi connectivity index (χ1) is 9.72. The Kier molecular flexibility index (Phi) is 5.55. The highest BCUT2D eigenvalue weighted by Crippen LogP contribution is 2.22. The molecular weight excluding hydrogens is 338 g/mol. The molecule has 2 aromatic heterocycles. The third-order valence-corrected chi connectivity index (χ3v) is 4.66. The molecule has 2 aromatic rings. The zero-order chi connectivity index (χ0) is 14.4. The average molecular weight is 354 g/mol. The van der Waals surface area contributed by atoms with E-state index in [2.05, 4.69) is 38.5 Å². The van der Waals surface area contributed by atoms with Crippen molar-refractivity contribution in [1.29, 1.82) is 0 Å². The van der Waals surface area contributed by atoms with E-state index in [0.29, 0.717) is 12.1 Å². The van der Waals surface area contributed by atoms with Gasteiger partial charge in [0.25, 0.3) is 5.91 Å². The zero-order valence-electron chi connectivity index (χ0n) is 11.1. The summed E-state index contributed by atoms with van der Waals surface area (Å²) in [5, 5.41) is 8.14. The van der Waals surface area contributed by atoms with E-state index in [1.165, 1.54) is 0 Å². The van der Waals surface area contributed by atoms with Gasteiger partial charge in [-0.2, -0.15) is 0 Å². The Balaban J connectivity index is 2.03. The summed E-state index contributed by atoms with van der Waals surface area (Å²) in [4.78, 5) is 17.4. The summed E-state index contributed by atoms with van der Waals surface area (Å²) in [7, 11) is 0. The standard InChI is InChI=1S/C14H16BrN3OS/c1-2-5-17-12-8-16-6-3-10(12)14(19)18-9-13-11(15)4-7-20-13/h3-4,6-8,17H,2,5,9H2,1H3,(H,18,19). The quantitative estimate of drug-likeness (QED) is 0.833. The van der Waals surface area contributed by atoms with Gasteiger partial charge in [-0.3, -0.25) is 9.78 Å². The van der Waals surface area contributed by atoms with Gasteiger partial charge in [-0.15, -0.1) is 11.3 Å². The molecule has 0 spiro atoms. The summed E-state index contributed by atoms with van der Waals surface area (Å²) in [5.74, 6) is -0.0914. The van der Waals surface area contributed by atoms with E-state index in [-0.39, 0.29) is 5.91 Å². The van der Waals surface area contributed by atoms with Crippen LogP contribution in [-0.2, 0) is 6.54 Å². The van der Waals surface area contributed by atoms with E-state index in [4.69, 9.17) is 0 Å². The molecule has 106 valence electrons. The molecule has 0 atom stereocenters. The van der Waals surface area contributed by atoms with Crippen LogP contribution in [-0.4, -0.2) is 17.4 Å². The normalized spacial score (nSPS) is 10.3. The van der Waals surface area contributed by atoms with Crippen LogP contribution in [0.3, 0.4) is 0 Å². The summed E-state index contributed by atoms with van der Waals surface area (Å²) in [6, 6.07) is 3.71. The average Bonchev–Trinajstić information content (AvgIpc) is 2.88. The van der Waals surface area contributed by atoms with Crippen LogP contribution in [0.2, 0.25) is 0 Å². The van der Waals surface area contributed by atoms with Gasteiger partial charge >= 0.3 is 0 Å². The number of nitrogens with one attached hydrogen (secondary N) is 2. The Morgan fingerprint density at radius 2 is 2.30 bits per heavy atom. The minimum atomic E-state index is -0.0914. The Bertz CT molecular complexity index is 585. The van der Waals surface area contributed by atoms with Crippen molar-refractivity contribution in [3.05, 3.63) is 44.8 Å². The number of halogens is 1. The van der Waals surface area contributed by atoms with Gasteiger partial charge in [0.2, 0.25) is 0 Å². The molecule has 2 N–H and O–H groups in total. The second-order valence-electron chi connectivity index (χ2n) is 4.22. The van der Waals surface area contributed by atoms with E-state index in [1.807, 2.05) is 11.4 Å². The van der Waals surface area contributed by atoms with Crippen molar-refractivity contribution in [3.8, 4) is 0 Å². The number of carbonyl (C=O) groups is 1. The minimum Gasteiger partial charge on any atom is -0.383 e. The number of hydrogen-bond acceptors (Lipinski definition) is 4. The van der Waals surface area contributed by atoms with Crippen molar-refractivity contribution in [2.75, 3.05) is 11.9 Å². The van der Waals surface area contributed by atoms with Crippen molar-refractivity contribution < 1.29 is 4.79 Å². The van der Waals surface area contributed by atoms with Crippen LogP contribution in [0.15, 0.2) is 34.4 Å². The molecule has 2 heterocycles. The van der Waals surface area contributed by atoms with Gasteiger partial charge in [0.15, 0.2) is 0 Å². The topological polar surface area (TPSA) is 54.0 Å². The minimum absolute atomic E-state index is 0.0914. The summed E-state index contributed by atoms with van der Waals surface area (Å²) in [6.07, 6.45) is 4.32. The highest BCUT2D eigenvalue weighted by atomic mass is 79.9. The molecule has 0 saturated carbocycles. The van der Waals surface area contributed by atoms with E-state index < -0.39 is 0 Å². The van der Waals surface area contributed by atoms with Crippen molar-refractivity contribution >= 4 is 38.9 Å². The van der Waals surface area contributed by atoms with Crippen LogP contribution in [0.4, 0.5) is 5.69 Å². The lowest BCUT2D eigenvalue weighted by atomic mass is 10.2. The van der Waals surface area contributed by atoms with Crippen LogP contribution in [0.5, 0.6) is 0 Å². The van der Waals surface area contributed by atoms with Gasteiger partial charge in [-0.25, -0.2) is 0 Å². The van der Waals surface area contributed by atoms with Crippen LogP contribution >= 0.6 is 27.3 Å². The monoisotopic (exact) mass is 353 g/mol. The van der Waals surface area contributed by atoms with E-state index >= 15 is 0 Å². The number of amides is 1. The summed E-state index contributed by atoms with van der Waals surface area (Å²) in [5.41, 5.74) is 1.40. The van der Waals surface area contributed by atoms with Gasteiger partial charge in [-0.05, 0) is 39.9 Å². The molecular formula is C14H16BrN3OS. The van der Waals surface area contributed by atoms with Gasteiger partial charge in [0, 0.05) is 22.1 Å². The number of thiophene rings is 1. The van der Waals surface area contributed by atoms with E-state index in [1.54, 1.807) is 29.8 Å². The Morgan fingerprint density at radius 3 is 3.00 bits per heavy atom. The number of anilines is 1. The predicted molar refractivity (Wildman–Crippen MR) is 86.2 cm³/mol. The van der Waals surface area contributed by atoms with Crippen LogP contribution in [0.1, 0.15) is 28.6 Å². The first kappa shape index (κ1) is 15.0. The van der Waals surface area contributed by atoms with E-state index in [9.17, 15) is 4.79 Å². The summed E-state index contributed by atoms with van der Waals surface area (Å²) >= 11 is 5.07. The lowest BCUT2D eigenvalue weighted by Gasteiger charge is -2.10. The molecule has 1 amide bonds. The van der Waals surface area contributed by atoms with E-state index in [0.717, 1.165) is 28.0 Å². The molecule has 20 heavy (non-hydrogen) atoms.